The molecule has 0 fully saturated rings. The van der Waals surface area contributed by atoms with Crippen LogP contribution < -0.4 is 9.47 Å². The Labute approximate surface area is 147 Å². The molecular weight excluding hydrogens is 320 g/mol. The lowest BCUT2D eigenvalue weighted by Gasteiger charge is -2.12. The van der Waals surface area contributed by atoms with Gasteiger partial charge in [0.1, 0.15) is 11.1 Å². The van der Waals surface area contributed by atoms with Crippen molar-refractivity contribution in [1.82, 2.24) is 4.98 Å². The lowest BCUT2D eigenvalue weighted by Crippen LogP contribution is -2.00. The fourth-order valence-electron chi connectivity index (χ4n) is 2.11. The Morgan fingerprint density at radius 3 is 2.75 bits per heavy atom. The number of unbranched alkanes of at least 4 members (excludes halogenated alkanes) is 1. The topological polar surface area (TPSA) is 55.1 Å². The Balaban J connectivity index is 2.28. The molecule has 0 spiro atoms. The molecule has 1 heterocycles. The summed E-state index contributed by atoms with van der Waals surface area (Å²) in [6, 6.07) is 7.96. The van der Waals surface area contributed by atoms with Crippen LogP contribution in [0.2, 0.25) is 0 Å². The van der Waals surface area contributed by atoms with Gasteiger partial charge in [-0.1, -0.05) is 19.4 Å². The molecule has 5 heteroatoms. The summed E-state index contributed by atoms with van der Waals surface area (Å²) >= 11 is 1.47. The SMILES string of the molecule is CCCCOc1ccc(/C=C(/C#N)c2nc(C)cs2)cc1OCC. The minimum Gasteiger partial charge on any atom is -0.490 e. The van der Waals surface area contributed by atoms with E-state index in [0.29, 0.717) is 24.5 Å². The fraction of sp³-hybridized carbons (Fsp3) is 0.368. The third-order valence-electron chi connectivity index (χ3n) is 3.30. The molecule has 1 aromatic carbocycles. The number of rotatable bonds is 8. The van der Waals surface area contributed by atoms with Crippen LogP contribution >= 0.6 is 11.3 Å². The Morgan fingerprint density at radius 1 is 1.29 bits per heavy atom. The number of nitriles is 1. The van der Waals surface area contributed by atoms with Gasteiger partial charge in [0.2, 0.25) is 0 Å². The number of thiazole rings is 1. The Kier molecular flexibility index (Phi) is 6.83. The van der Waals surface area contributed by atoms with Crippen molar-refractivity contribution in [3.63, 3.8) is 0 Å². The van der Waals surface area contributed by atoms with Gasteiger partial charge in [-0.05, 0) is 44.0 Å². The number of nitrogens with zero attached hydrogens (tertiary/aromatic N) is 2. The number of ether oxygens (including phenoxy) is 2. The third kappa shape index (κ3) is 4.84. The number of allylic oxidation sites excluding steroid dienone is 1. The van der Waals surface area contributed by atoms with Crippen LogP contribution in [-0.2, 0) is 0 Å². The van der Waals surface area contributed by atoms with Crippen LogP contribution in [0.15, 0.2) is 23.6 Å². The van der Waals surface area contributed by atoms with Crippen molar-refractivity contribution in [1.29, 1.82) is 5.26 Å². The van der Waals surface area contributed by atoms with E-state index in [-0.39, 0.29) is 0 Å². The average Bonchev–Trinajstić information content (AvgIpc) is 3.01. The van der Waals surface area contributed by atoms with Crippen molar-refractivity contribution in [2.24, 2.45) is 0 Å². The largest absolute Gasteiger partial charge is 0.490 e. The van der Waals surface area contributed by atoms with Gasteiger partial charge in [-0.2, -0.15) is 5.26 Å². The summed E-state index contributed by atoms with van der Waals surface area (Å²) in [5, 5.41) is 12.1. The smallest absolute Gasteiger partial charge is 0.161 e. The first-order chi connectivity index (χ1) is 11.7. The van der Waals surface area contributed by atoms with Gasteiger partial charge in [-0.25, -0.2) is 4.98 Å². The van der Waals surface area contributed by atoms with E-state index in [1.54, 1.807) is 0 Å². The number of hydrogen-bond donors (Lipinski definition) is 0. The Bertz CT molecular complexity index is 744. The van der Waals surface area contributed by atoms with Gasteiger partial charge in [-0.15, -0.1) is 11.3 Å². The van der Waals surface area contributed by atoms with Gasteiger partial charge in [0, 0.05) is 11.1 Å². The summed E-state index contributed by atoms with van der Waals surface area (Å²) < 4.78 is 11.5. The molecule has 0 N–H and O–H groups in total. The molecule has 24 heavy (non-hydrogen) atoms. The normalized spacial score (nSPS) is 11.2. The molecule has 0 saturated carbocycles. The van der Waals surface area contributed by atoms with Crippen LogP contribution in [0.25, 0.3) is 11.6 Å². The van der Waals surface area contributed by atoms with Crippen LogP contribution in [-0.4, -0.2) is 18.2 Å². The van der Waals surface area contributed by atoms with Crippen molar-refractivity contribution >= 4 is 23.0 Å². The van der Waals surface area contributed by atoms with Gasteiger partial charge in [0.25, 0.3) is 0 Å². The van der Waals surface area contributed by atoms with Crippen molar-refractivity contribution in [2.45, 2.75) is 33.6 Å². The van der Waals surface area contributed by atoms with Gasteiger partial charge < -0.3 is 9.47 Å². The van der Waals surface area contributed by atoms with E-state index in [0.717, 1.165) is 34.9 Å². The molecule has 1 aromatic heterocycles. The highest BCUT2D eigenvalue weighted by Crippen LogP contribution is 2.30. The maximum atomic E-state index is 9.41. The fourth-order valence-corrected chi connectivity index (χ4v) is 2.88. The van der Waals surface area contributed by atoms with Crippen LogP contribution in [0, 0.1) is 18.3 Å². The first-order valence-corrected chi connectivity index (χ1v) is 8.99. The number of benzene rings is 1. The maximum Gasteiger partial charge on any atom is 0.161 e. The van der Waals surface area contributed by atoms with Crippen molar-refractivity contribution < 1.29 is 9.47 Å². The molecular formula is C19H22N2O2S. The predicted molar refractivity (Wildman–Crippen MR) is 98.3 cm³/mol. The summed E-state index contributed by atoms with van der Waals surface area (Å²) in [4.78, 5) is 4.38. The zero-order valence-electron chi connectivity index (χ0n) is 14.3. The molecule has 0 aliphatic carbocycles. The number of hydrogen-bond acceptors (Lipinski definition) is 5. The quantitative estimate of drug-likeness (QED) is 0.495. The molecule has 2 aromatic rings. The van der Waals surface area contributed by atoms with Crippen molar-refractivity contribution in [2.75, 3.05) is 13.2 Å². The van der Waals surface area contributed by atoms with E-state index in [2.05, 4.69) is 18.0 Å². The predicted octanol–water partition coefficient (Wildman–Crippen LogP) is 5.09. The Morgan fingerprint density at radius 2 is 2.12 bits per heavy atom. The first kappa shape index (κ1) is 18.0. The molecule has 0 bridgehead atoms. The molecule has 0 atom stereocenters. The van der Waals surface area contributed by atoms with Crippen LogP contribution in [0.1, 0.15) is 43.0 Å². The lowest BCUT2D eigenvalue weighted by atomic mass is 10.1. The molecule has 0 aliphatic heterocycles. The second-order valence-corrected chi connectivity index (χ2v) is 6.16. The van der Waals surface area contributed by atoms with Crippen molar-refractivity contribution in [3.8, 4) is 17.6 Å². The van der Waals surface area contributed by atoms with E-state index in [4.69, 9.17) is 9.47 Å². The lowest BCUT2D eigenvalue weighted by molar-refractivity contribution is 0.272. The van der Waals surface area contributed by atoms with Gasteiger partial charge in [-0.3, -0.25) is 0 Å². The standard InChI is InChI=1S/C19H22N2O2S/c1-4-6-9-23-17-8-7-15(11-18(17)22-5-2)10-16(12-20)19-21-14(3)13-24-19/h7-8,10-11,13H,4-6,9H2,1-3H3/b16-10-. The van der Waals surface area contributed by atoms with E-state index in [9.17, 15) is 5.26 Å². The molecule has 0 saturated heterocycles. The highest BCUT2D eigenvalue weighted by atomic mass is 32.1. The van der Waals surface area contributed by atoms with E-state index < -0.39 is 0 Å². The summed E-state index contributed by atoms with van der Waals surface area (Å²) in [6.07, 6.45) is 3.93. The zero-order valence-corrected chi connectivity index (χ0v) is 15.2. The molecule has 4 nitrogen and oxygen atoms in total. The summed E-state index contributed by atoms with van der Waals surface area (Å²) in [7, 11) is 0. The van der Waals surface area contributed by atoms with Gasteiger partial charge in [0.15, 0.2) is 11.5 Å². The van der Waals surface area contributed by atoms with Gasteiger partial charge >= 0.3 is 0 Å². The highest BCUT2D eigenvalue weighted by Gasteiger charge is 2.09. The molecule has 0 unspecified atom stereocenters. The second kappa shape index (κ2) is 9.09. The summed E-state index contributed by atoms with van der Waals surface area (Å²) in [5.41, 5.74) is 2.37. The number of aryl methyl sites for hydroxylation is 1. The Hall–Kier alpha value is -2.32. The molecule has 2 rings (SSSR count). The van der Waals surface area contributed by atoms with E-state index in [1.807, 2.05) is 43.5 Å². The minimum absolute atomic E-state index is 0.551. The van der Waals surface area contributed by atoms with Crippen LogP contribution in [0.3, 0.4) is 0 Å². The van der Waals surface area contributed by atoms with E-state index in [1.165, 1.54) is 11.3 Å². The number of aromatic nitrogens is 1. The average molecular weight is 342 g/mol. The van der Waals surface area contributed by atoms with Crippen LogP contribution in [0.4, 0.5) is 0 Å². The summed E-state index contributed by atoms with van der Waals surface area (Å²) in [6.45, 7) is 7.23. The molecule has 126 valence electrons. The van der Waals surface area contributed by atoms with Crippen molar-refractivity contribution in [3.05, 3.63) is 39.8 Å². The maximum absolute atomic E-state index is 9.41. The summed E-state index contributed by atoms with van der Waals surface area (Å²) in [5.74, 6) is 1.45. The monoisotopic (exact) mass is 342 g/mol. The molecule has 0 radical (unpaired) electrons. The first-order valence-electron chi connectivity index (χ1n) is 8.11. The highest BCUT2D eigenvalue weighted by molar-refractivity contribution is 7.11. The third-order valence-corrected chi connectivity index (χ3v) is 4.30. The zero-order chi connectivity index (χ0) is 17.4. The second-order valence-electron chi connectivity index (χ2n) is 5.31. The van der Waals surface area contributed by atoms with E-state index >= 15 is 0 Å². The minimum atomic E-state index is 0.551. The molecule has 0 aliphatic rings. The van der Waals surface area contributed by atoms with Gasteiger partial charge in [0.05, 0.1) is 18.8 Å². The molecule has 0 amide bonds. The van der Waals surface area contributed by atoms with Crippen LogP contribution in [0.5, 0.6) is 11.5 Å².